The van der Waals surface area contributed by atoms with Gasteiger partial charge in [-0.05, 0) is 6.42 Å². The number of halogens is 1. The van der Waals surface area contributed by atoms with Crippen LogP contribution < -0.4 is 5.90 Å². The number of unbranched alkanes of at least 4 members (excludes halogenated alkanes) is 1. The predicted molar refractivity (Wildman–Crippen MR) is 43.3 cm³/mol. The van der Waals surface area contributed by atoms with Crippen molar-refractivity contribution in [1.82, 2.24) is 0 Å². The van der Waals surface area contributed by atoms with Gasteiger partial charge in [-0.3, -0.25) is 4.84 Å². The molecule has 0 aliphatic carbocycles. The third-order valence-electron chi connectivity index (χ3n) is 0.962. The Labute approximate surface area is 72.4 Å². The molecule has 68 valence electrons. The molecule has 0 aliphatic rings. The van der Waals surface area contributed by atoms with Crippen LogP contribution in [-0.4, -0.2) is 19.2 Å². The van der Waals surface area contributed by atoms with Crippen molar-refractivity contribution < 1.29 is 14.4 Å². The molecule has 5 heteroatoms. The predicted octanol–water partition coefficient (Wildman–Crippen LogP) is 0.642. The molecule has 11 heavy (non-hydrogen) atoms. The second kappa shape index (κ2) is 9.68. The second-order valence-corrected chi connectivity index (χ2v) is 1.89. The van der Waals surface area contributed by atoms with Gasteiger partial charge in [0.1, 0.15) is 0 Å². The molecule has 0 aromatic rings. The zero-order chi connectivity index (χ0) is 7.82. The molecule has 0 rings (SSSR count). The van der Waals surface area contributed by atoms with E-state index in [9.17, 15) is 4.79 Å². The molecule has 0 aliphatic heterocycles. The molecule has 4 nitrogen and oxygen atoms in total. The molecule has 0 amide bonds. The molecule has 0 heterocycles. The molecule has 0 radical (unpaired) electrons. The topological polar surface area (TPSA) is 61.5 Å². The van der Waals surface area contributed by atoms with E-state index in [-0.39, 0.29) is 19.0 Å². The lowest BCUT2D eigenvalue weighted by atomic mass is 10.4. The molecule has 0 saturated carbocycles. The van der Waals surface area contributed by atoms with Crippen LogP contribution in [0.1, 0.15) is 19.8 Å². The maximum Gasteiger partial charge on any atom is 0.334 e. The van der Waals surface area contributed by atoms with Gasteiger partial charge in [-0.25, -0.2) is 10.7 Å². The highest BCUT2D eigenvalue weighted by atomic mass is 35.5. The van der Waals surface area contributed by atoms with Crippen LogP contribution in [0.15, 0.2) is 0 Å². The SMILES string of the molecule is CCCCOC(=O)CON.Cl. The molecule has 2 N–H and O–H groups in total. The third-order valence-corrected chi connectivity index (χ3v) is 0.962. The van der Waals surface area contributed by atoms with Gasteiger partial charge in [-0.2, -0.15) is 0 Å². The Morgan fingerprint density at radius 2 is 2.18 bits per heavy atom. The van der Waals surface area contributed by atoms with E-state index in [2.05, 4.69) is 15.5 Å². The Hall–Kier alpha value is -0.320. The molecule has 0 aromatic heterocycles. The van der Waals surface area contributed by atoms with Gasteiger partial charge >= 0.3 is 5.97 Å². The van der Waals surface area contributed by atoms with Crippen molar-refractivity contribution in [3.8, 4) is 0 Å². The number of hydrogen-bond donors (Lipinski definition) is 1. The van der Waals surface area contributed by atoms with Gasteiger partial charge in [-0.15, -0.1) is 12.4 Å². The minimum atomic E-state index is -0.407. The number of carbonyl (C=O) groups excluding carboxylic acids is 1. The minimum absolute atomic E-state index is 0. The third kappa shape index (κ3) is 9.68. The lowest BCUT2D eigenvalue weighted by molar-refractivity contribution is -0.149. The summed E-state index contributed by atoms with van der Waals surface area (Å²) in [7, 11) is 0. The smallest absolute Gasteiger partial charge is 0.334 e. The number of nitrogens with two attached hydrogens (primary N) is 1. The van der Waals surface area contributed by atoms with Crippen molar-refractivity contribution in [3.63, 3.8) is 0 Å². The lowest BCUT2D eigenvalue weighted by Gasteiger charge is -2.00. The Morgan fingerprint density at radius 1 is 1.55 bits per heavy atom. The zero-order valence-electron chi connectivity index (χ0n) is 6.54. The van der Waals surface area contributed by atoms with Gasteiger partial charge in [-0.1, -0.05) is 13.3 Å². The van der Waals surface area contributed by atoms with E-state index in [1.807, 2.05) is 6.92 Å². The highest BCUT2D eigenvalue weighted by Crippen LogP contribution is 1.87. The van der Waals surface area contributed by atoms with E-state index in [4.69, 9.17) is 0 Å². The molecule has 0 atom stereocenters. The first-order valence-corrected chi connectivity index (χ1v) is 3.28. The van der Waals surface area contributed by atoms with E-state index < -0.39 is 5.97 Å². The average molecular weight is 184 g/mol. The summed E-state index contributed by atoms with van der Waals surface area (Å²) in [5.74, 6) is 4.23. The van der Waals surface area contributed by atoms with Crippen LogP contribution in [0.4, 0.5) is 0 Å². The Bertz CT molecular complexity index is 99.8. The summed E-state index contributed by atoms with van der Waals surface area (Å²) in [4.78, 5) is 14.6. The van der Waals surface area contributed by atoms with Crippen LogP contribution in [0.3, 0.4) is 0 Å². The first-order chi connectivity index (χ1) is 4.81. The highest BCUT2D eigenvalue weighted by Gasteiger charge is 1.99. The first-order valence-electron chi connectivity index (χ1n) is 3.28. The van der Waals surface area contributed by atoms with Crippen LogP contribution in [0.25, 0.3) is 0 Å². The zero-order valence-corrected chi connectivity index (χ0v) is 7.36. The molecule has 0 saturated heterocycles. The van der Waals surface area contributed by atoms with Crippen LogP contribution in [0.2, 0.25) is 0 Å². The summed E-state index contributed by atoms with van der Waals surface area (Å²) in [6.45, 7) is 2.32. The highest BCUT2D eigenvalue weighted by molar-refractivity contribution is 5.85. The summed E-state index contributed by atoms with van der Waals surface area (Å²) in [5, 5.41) is 0. The fourth-order valence-corrected chi connectivity index (χ4v) is 0.440. The van der Waals surface area contributed by atoms with Crippen molar-refractivity contribution >= 4 is 18.4 Å². The number of esters is 1. The Morgan fingerprint density at radius 3 is 2.64 bits per heavy atom. The Kier molecular flexibility index (Phi) is 11.7. The van der Waals surface area contributed by atoms with Crippen molar-refractivity contribution in [3.05, 3.63) is 0 Å². The molecule has 0 aromatic carbocycles. The normalized spacial score (nSPS) is 8.55. The fourth-order valence-electron chi connectivity index (χ4n) is 0.440. The molecular formula is C6H14ClNO3. The maximum atomic E-state index is 10.5. The minimum Gasteiger partial charge on any atom is -0.464 e. The van der Waals surface area contributed by atoms with E-state index >= 15 is 0 Å². The van der Waals surface area contributed by atoms with E-state index in [0.717, 1.165) is 12.8 Å². The largest absolute Gasteiger partial charge is 0.464 e. The quantitative estimate of drug-likeness (QED) is 0.386. The molecular weight excluding hydrogens is 170 g/mol. The Balaban J connectivity index is 0. The molecule has 0 fully saturated rings. The summed E-state index contributed by atoms with van der Waals surface area (Å²) in [6, 6.07) is 0. The molecule has 0 unspecified atom stereocenters. The maximum absolute atomic E-state index is 10.5. The van der Waals surface area contributed by atoms with Crippen molar-refractivity contribution in [1.29, 1.82) is 0 Å². The van der Waals surface area contributed by atoms with E-state index in [1.165, 1.54) is 0 Å². The average Bonchev–Trinajstić information content (AvgIpc) is 1.89. The van der Waals surface area contributed by atoms with Gasteiger partial charge in [0.05, 0.1) is 6.61 Å². The summed E-state index contributed by atoms with van der Waals surface area (Å²) < 4.78 is 4.68. The van der Waals surface area contributed by atoms with Gasteiger partial charge in [0.15, 0.2) is 6.61 Å². The van der Waals surface area contributed by atoms with Gasteiger partial charge in [0.25, 0.3) is 0 Å². The number of rotatable bonds is 5. The van der Waals surface area contributed by atoms with Crippen molar-refractivity contribution in [2.45, 2.75) is 19.8 Å². The second-order valence-electron chi connectivity index (χ2n) is 1.89. The van der Waals surface area contributed by atoms with Crippen molar-refractivity contribution in [2.75, 3.05) is 13.2 Å². The molecule has 0 bridgehead atoms. The van der Waals surface area contributed by atoms with Gasteiger partial charge in [0.2, 0.25) is 0 Å². The first kappa shape index (κ1) is 13.3. The summed E-state index contributed by atoms with van der Waals surface area (Å²) in [5.41, 5.74) is 0. The van der Waals surface area contributed by atoms with Crippen molar-refractivity contribution in [2.24, 2.45) is 5.90 Å². The number of carbonyl (C=O) groups is 1. The van der Waals surface area contributed by atoms with Gasteiger partial charge in [0, 0.05) is 0 Å². The summed E-state index contributed by atoms with van der Waals surface area (Å²) in [6.07, 6.45) is 1.90. The monoisotopic (exact) mass is 183 g/mol. The van der Waals surface area contributed by atoms with Crippen LogP contribution in [-0.2, 0) is 14.4 Å². The van der Waals surface area contributed by atoms with Crippen LogP contribution in [0, 0.1) is 0 Å². The summed E-state index contributed by atoms with van der Waals surface area (Å²) >= 11 is 0. The van der Waals surface area contributed by atoms with E-state index in [1.54, 1.807) is 0 Å². The lowest BCUT2D eigenvalue weighted by Crippen LogP contribution is -2.15. The number of hydrogen-bond acceptors (Lipinski definition) is 4. The fraction of sp³-hybridized carbons (Fsp3) is 0.833. The van der Waals surface area contributed by atoms with Gasteiger partial charge < -0.3 is 4.74 Å². The molecule has 0 spiro atoms. The standard InChI is InChI=1S/C6H13NO3.ClH/c1-2-3-4-9-6(8)5-10-7;/h2-5,7H2,1H3;1H. The van der Waals surface area contributed by atoms with Crippen LogP contribution >= 0.6 is 12.4 Å². The number of ether oxygens (including phenoxy) is 1. The van der Waals surface area contributed by atoms with E-state index in [0.29, 0.717) is 6.61 Å². The van der Waals surface area contributed by atoms with Crippen LogP contribution in [0.5, 0.6) is 0 Å².